The van der Waals surface area contributed by atoms with Crippen LogP contribution in [-0.4, -0.2) is 23.7 Å². The van der Waals surface area contributed by atoms with Crippen molar-refractivity contribution in [3.63, 3.8) is 0 Å². The largest absolute Gasteiger partial charge is 0.426 e. The maximum Gasteiger partial charge on any atom is 0.314 e. The molecule has 0 aromatic heterocycles. The Labute approximate surface area is 235 Å². The number of rotatable bonds is 19. The van der Waals surface area contributed by atoms with Crippen molar-refractivity contribution in [2.75, 3.05) is 0 Å². The summed E-state index contributed by atoms with van der Waals surface area (Å²) in [5.74, 6) is -2.73. The molecule has 0 fully saturated rings. The Morgan fingerprint density at radius 3 is 1.21 bits per heavy atom. The van der Waals surface area contributed by atoms with Gasteiger partial charge in [-0.1, -0.05) is 80.1 Å². The molecule has 0 saturated heterocycles. The number of unbranched alkanes of at least 4 members (excludes halogenated alkanes) is 3. The second-order valence-corrected chi connectivity index (χ2v) is 10.4. The number of ether oxygens (including phenoxy) is 3. The molecule has 3 atom stereocenters. The highest BCUT2D eigenvalue weighted by Crippen LogP contribution is 2.37. The topological polar surface area (TPSA) is 96.0 Å². The molecule has 1 aromatic rings. The molecule has 3 unspecified atom stereocenters. The number of hydrogen-bond acceptors (Lipinski definition) is 7. The molecule has 0 saturated carbocycles. The summed E-state index contributed by atoms with van der Waals surface area (Å²) in [6.07, 6.45) is 9.35. The summed E-state index contributed by atoms with van der Waals surface area (Å²) >= 11 is 0. The average Bonchev–Trinajstić information content (AvgIpc) is 2.89. The van der Waals surface area contributed by atoms with Crippen molar-refractivity contribution in [2.45, 2.75) is 126 Å². The van der Waals surface area contributed by atoms with Crippen LogP contribution < -0.4 is 14.2 Å². The molecule has 0 bridgehead atoms. The first kappa shape index (κ1) is 34.3. The van der Waals surface area contributed by atoms with Gasteiger partial charge in [0.15, 0.2) is 5.78 Å². The molecule has 0 aliphatic rings. The van der Waals surface area contributed by atoms with Crippen LogP contribution in [0.2, 0.25) is 0 Å². The van der Waals surface area contributed by atoms with Crippen molar-refractivity contribution in [1.82, 2.24) is 0 Å². The minimum atomic E-state index is -0.460. The van der Waals surface area contributed by atoms with Gasteiger partial charge < -0.3 is 14.2 Å². The van der Waals surface area contributed by atoms with Crippen molar-refractivity contribution in [3.05, 3.63) is 17.7 Å². The molecule has 0 aliphatic carbocycles. The zero-order valence-corrected chi connectivity index (χ0v) is 25.2. The summed E-state index contributed by atoms with van der Waals surface area (Å²) in [5, 5.41) is 0. The van der Waals surface area contributed by atoms with E-state index in [1.165, 1.54) is 19.1 Å². The molecule has 1 aromatic carbocycles. The van der Waals surface area contributed by atoms with E-state index in [0.717, 1.165) is 38.5 Å². The van der Waals surface area contributed by atoms with E-state index in [4.69, 9.17) is 14.2 Å². The second-order valence-electron chi connectivity index (χ2n) is 10.4. The standard InChI is InChI=1S/C32H50O7/c1-8-14-17-23(11-4)30(34)37-26-20-27(38-31(35)24(12-5)18-15-9-2)29(22(7)33)28(21-26)39-32(36)25(13-6)19-16-10-3/h20-21,23-25H,8-19H2,1-7H3. The highest BCUT2D eigenvalue weighted by atomic mass is 16.6. The Bertz CT molecular complexity index is 885. The summed E-state index contributed by atoms with van der Waals surface area (Å²) in [6.45, 7) is 13.3. The molecule has 0 N–H and O–H groups in total. The lowest BCUT2D eigenvalue weighted by Crippen LogP contribution is -2.24. The molecular formula is C32H50O7. The Morgan fingerprint density at radius 1 is 0.590 bits per heavy atom. The van der Waals surface area contributed by atoms with Gasteiger partial charge in [0.05, 0.1) is 17.8 Å². The first-order valence-corrected chi connectivity index (χ1v) is 15.0. The van der Waals surface area contributed by atoms with Crippen LogP contribution in [0, 0.1) is 17.8 Å². The van der Waals surface area contributed by atoms with Gasteiger partial charge in [0.1, 0.15) is 22.8 Å². The van der Waals surface area contributed by atoms with Crippen molar-refractivity contribution in [2.24, 2.45) is 17.8 Å². The third-order valence-electron chi connectivity index (χ3n) is 7.23. The van der Waals surface area contributed by atoms with Crippen LogP contribution in [0.1, 0.15) is 136 Å². The second kappa shape index (κ2) is 18.6. The van der Waals surface area contributed by atoms with Gasteiger partial charge >= 0.3 is 17.9 Å². The first-order chi connectivity index (χ1) is 18.7. The quantitative estimate of drug-likeness (QED) is 0.0979. The van der Waals surface area contributed by atoms with Crippen LogP contribution in [0.3, 0.4) is 0 Å². The van der Waals surface area contributed by atoms with Gasteiger partial charge in [0.2, 0.25) is 0 Å². The minimum absolute atomic E-state index is 0.00906. The Kier molecular flexibility index (Phi) is 16.3. The van der Waals surface area contributed by atoms with Crippen LogP contribution in [0.15, 0.2) is 12.1 Å². The van der Waals surface area contributed by atoms with Crippen molar-refractivity contribution >= 4 is 23.7 Å². The molecular weight excluding hydrogens is 496 g/mol. The molecule has 0 spiro atoms. The van der Waals surface area contributed by atoms with Crippen LogP contribution >= 0.6 is 0 Å². The minimum Gasteiger partial charge on any atom is -0.426 e. The van der Waals surface area contributed by atoms with E-state index in [1.54, 1.807) is 0 Å². The van der Waals surface area contributed by atoms with E-state index >= 15 is 0 Å². The van der Waals surface area contributed by atoms with E-state index in [-0.39, 0.29) is 40.6 Å². The number of benzene rings is 1. The van der Waals surface area contributed by atoms with Crippen molar-refractivity contribution in [1.29, 1.82) is 0 Å². The number of ketones is 1. The smallest absolute Gasteiger partial charge is 0.314 e. The lowest BCUT2D eigenvalue weighted by atomic mass is 9.99. The Morgan fingerprint density at radius 2 is 0.923 bits per heavy atom. The average molecular weight is 547 g/mol. The van der Waals surface area contributed by atoms with Gasteiger partial charge in [-0.05, 0) is 45.4 Å². The molecule has 7 heteroatoms. The fraction of sp³-hybridized carbons (Fsp3) is 0.688. The summed E-state index contributed by atoms with van der Waals surface area (Å²) in [5.41, 5.74) is -0.00906. The summed E-state index contributed by atoms with van der Waals surface area (Å²) in [6, 6.07) is 2.77. The molecule has 1 rings (SSSR count). The van der Waals surface area contributed by atoms with Crippen LogP contribution in [0.25, 0.3) is 0 Å². The van der Waals surface area contributed by atoms with Crippen molar-refractivity contribution < 1.29 is 33.4 Å². The third kappa shape index (κ3) is 11.1. The molecule has 7 nitrogen and oxygen atoms in total. The number of carbonyl (C=O) groups is 4. The van der Waals surface area contributed by atoms with E-state index in [9.17, 15) is 19.2 Å². The van der Waals surface area contributed by atoms with Gasteiger partial charge in [-0.2, -0.15) is 0 Å². The Balaban J connectivity index is 3.51. The highest BCUT2D eigenvalue weighted by Gasteiger charge is 2.28. The maximum absolute atomic E-state index is 13.1. The summed E-state index contributed by atoms with van der Waals surface area (Å²) in [4.78, 5) is 51.9. The van der Waals surface area contributed by atoms with E-state index < -0.39 is 23.7 Å². The fourth-order valence-electron chi connectivity index (χ4n) is 4.53. The predicted molar refractivity (Wildman–Crippen MR) is 153 cm³/mol. The predicted octanol–water partition coefficient (Wildman–Crippen LogP) is 8.25. The van der Waals surface area contributed by atoms with Gasteiger partial charge in [-0.25, -0.2) is 0 Å². The zero-order chi connectivity index (χ0) is 29.4. The highest BCUT2D eigenvalue weighted by molar-refractivity contribution is 6.01. The van der Waals surface area contributed by atoms with Gasteiger partial charge in [-0.15, -0.1) is 0 Å². The monoisotopic (exact) mass is 546 g/mol. The molecule has 220 valence electrons. The summed E-state index contributed by atoms with van der Waals surface area (Å²) < 4.78 is 17.2. The molecule has 0 radical (unpaired) electrons. The number of esters is 3. The maximum atomic E-state index is 13.1. The number of Topliss-reactive ketones (excluding diaryl/α,β-unsaturated/α-hetero) is 1. The van der Waals surface area contributed by atoms with E-state index in [2.05, 4.69) is 20.8 Å². The Hall–Kier alpha value is -2.70. The van der Waals surface area contributed by atoms with Crippen LogP contribution in [0.4, 0.5) is 0 Å². The zero-order valence-electron chi connectivity index (χ0n) is 25.2. The van der Waals surface area contributed by atoms with E-state index in [1.807, 2.05) is 20.8 Å². The molecule has 39 heavy (non-hydrogen) atoms. The van der Waals surface area contributed by atoms with Gasteiger partial charge in [0, 0.05) is 12.1 Å². The third-order valence-corrected chi connectivity index (χ3v) is 7.23. The van der Waals surface area contributed by atoms with Gasteiger partial charge in [0.25, 0.3) is 0 Å². The SMILES string of the molecule is CCCCC(CC)C(=O)Oc1cc(OC(=O)C(CC)CCCC)c(C(C)=O)c(OC(=O)C(CC)CCCC)c1. The normalized spacial score (nSPS) is 13.3. The number of carbonyl (C=O) groups excluding carboxylic acids is 4. The van der Waals surface area contributed by atoms with Crippen molar-refractivity contribution in [3.8, 4) is 17.2 Å². The lowest BCUT2D eigenvalue weighted by molar-refractivity contribution is -0.139. The van der Waals surface area contributed by atoms with Crippen LogP contribution in [0.5, 0.6) is 17.2 Å². The van der Waals surface area contributed by atoms with Crippen LogP contribution in [-0.2, 0) is 14.4 Å². The van der Waals surface area contributed by atoms with Gasteiger partial charge in [-0.3, -0.25) is 19.2 Å². The molecule has 0 amide bonds. The summed E-state index contributed by atoms with van der Waals surface area (Å²) in [7, 11) is 0. The molecule has 0 aliphatic heterocycles. The molecule has 0 heterocycles. The first-order valence-electron chi connectivity index (χ1n) is 15.0. The van der Waals surface area contributed by atoms with E-state index in [0.29, 0.717) is 38.5 Å². The lowest BCUT2D eigenvalue weighted by Gasteiger charge is -2.20. The fourth-order valence-corrected chi connectivity index (χ4v) is 4.53. The number of hydrogen-bond donors (Lipinski definition) is 0.